The quantitative estimate of drug-likeness (QED) is 0.442. The van der Waals surface area contributed by atoms with Crippen LogP contribution in [0.15, 0.2) is 0 Å². The van der Waals surface area contributed by atoms with E-state index in [1.54, 1.807) is 0 Å². The molecule has 1 rings (SSSR count). The molecule has 0 atom stereocenters. The first-order chi connectivity index (χ1) is 5.64. The zero-order chi connectivity index (χ0) is 9.61. The van der Waals surface area contributed by atoms with Gasteiger partial charge >= 0.3 is 0 Å². The molecule has 0 amide bonds. The second kappa shape index (κ2) is 5.64. The normalized spacial score (nSPS) is 22.8. The van der Waals surface area contributed by atoms with Gasteiger partial charge in [-0.15, -0.1) is 0 Å². The van der Waals surface area contributed by atoms with E-state index >= 15 is 0 Å². The van der Waals surface area contributed by atoms with Crippen LogP contribution in [0.1, 0.15) is 25.7 Å². The smallest absolute Gasteiger partial charge is 0.248 e. The van der Waals surface area contributed by atoms with Gasteiger partial charge < -0.3 is 0 Å². The highest BCUT2D eigenvalue weighted by atomic mass is 35.5. The zero-order valence-corrected chi connectivity index (χ0v) is 7.32. The van der Waals surface area contributed by atoms with E-state index in [1.165, 1.54) is 0 Å². The molecule has 6 heteroatoms. The fourth-order valence-electron chi connectivity index (χ4n) is 1.21. The molecule has 0 heterocycles. The zero-order valence-electron chi connectivity index (χ0n) is 6.56. The van der Waals surface area contributed by atoms with Gasteiger partial charge in [0.15, 0.2) is 0 Å². The summed E-state index contributed by atoms with van der Waals surface area (Å²) in [5.41, 5.74) is 2.51. The van der Waals surface area contributed by atoms with Crippen molar-refractivity contribution in [2.24, 2.45) is 5.84 Å². The van der Waals surface area contributed by atoms with Gasteiger partial charge in [0, 0.05) is 18.9 Å². The van der Waals surface area contributed by atoms with Crippen LogP contribution in [0, 0.1) is 0 Å². The van der Waals surface area contributed by atoms with Crippen molar-refractivity contribution in [2.75, 3.05) is 0 Å². The molecule has 1 aliphatic carbocycles. The lowest BCUT2D eigenvalue weighted by Crippen LogP contribution is -2.40. The van der Waals surface area contributed by atoms with Gasteiger partial charge in [0.25, 0.3) is 0 Å². The summed E-state index contributed by atoms with van der Waals surface area (Å²) in [6, 6.07) is 0.0969. The van der Waals surface area contributed by atoms with Crippen molar-refractivity contribution in [2.45, 2.75) is 37.6 Å². The summed E-state index contributed by atoms with van der Waals surface area (Å²) in [5.74, 6) is 2.66. The maximum Gasteiger partial charge on any atom is 0.248 e. The van der Waals surface area contributed by atoms with Crippen LogP contribution in [0.2, 0.25) is 0 Å². The van der Waals surface area contributed by atoms with Gasteiger partial charge in [0.2, 0.25) is 5.92 Å². The van der Waals surface area contributed by atoms with E-state index in [0.29, 0.717) is 12.8 Å². The van der Waals surface area contributed by atoms with Gasteiger partial charge in [-0.2, -0.15) is 0 Å². The van der Waals surface area contributed by atoms with E-state index in [-0.39, 0.29) is 18.9 Å². The highest BCUT2D eigenvalue weighted by molar-refractivity contribution is 6.04. The second-order valence-electron chi connectivity index (χ2n) is 2.80. The molecule has 0 radical (unpaired) electrons. The highest BCUT2D eigenvalue weighted by Crippen LogP contribution is 2.32. The Balaban J connectivity index is 0.000000561. The van der Waals surface area contributed by atoms with Crippen molar-refractivity contribution < 1.29 is 13.4 Å². The Hall–Kier alpha value is 0.0300. The molecule has 0 aromatic rings. The molecular weight excluding hydrogens is 190 g/mol. The standard InChI is InChI=1S/C6H12F2N2.ClHO/c7-6(8)3-1-5(10-9)2-4-6;1-2/h5,10H,1-4,9H2;2H. The second-order valence-corrected chi connectivity index (χ2v) is 2.80. The van der Waals surface area contributed by atoms with Crippen molar-refractivity contribution in [3.63, 3.8) is 0 Å². The minimum Gasteiger partial charge on any atom is -0.295 e. The molecule has 1 saturated carbocycles. The first kappa shape index (κ1) is 12.0. The first-order valence-electron chi connectivity index (χ1n) is 3.65. The third-order valence-corrected chi connectivity index (χ3v) is 1.95. The Kier molecular flexibility index (Phi) is 5.65. The number of nitrogens with one attached hydrogen (secondary N) is 1. The van der Waals surface area contributed by atoms with Crippen LogP contribution in [0.25, 0.3) is 0 Å². The average Bonchev–Trinajstić information content (AvgIpc) is 2.08. The van der Waals surface area contributed by atoms with Crippen LogP contribution in [0.3, 0.4) is 0 Å². The summed E-state index contributed by atoms with van der Waals surface area (Å²) in [7, 11) is 0. The molecule has 0 spiro atoms. The van der Waals surface area contributed by atoms with Gasteiger partial charge in [-0.3, -0.25) is 15.9 Å². The van der Waals surface area contributed by atoms with Crippen LogP contribution < -0.4 is 11.3 Å². The molecule has 0 saturated heterocycles. The summed E-state index contributed by atoms with van der Waals surface area (Å²) in [6.45, 7) is 0. The maximum atomic E-state index is 12.4. The lowest BCUT2D eigenvalue weighted by atomic mass is 9.93. The number of hydrazine groups is 1. The Bertz CT molecular complexity index is 116. The average molecular weight is 203 g/mol. The molecule has 3 nitrogen and oxygen atoms in total. The third-order valence-electron chi connectivity index (χ3n) is 1.95. The Morgan fingerprint density at radius 2 is 1.75 bits per heavy atom. The van der Waals surface area contributed by atoms with Gasteiger partial charge in [-0.25, -0.2) is 8.78 Å². The SMILES string of the molecule is NNC1CCC(F)(F)CC1.OCl. The van der Waals surface area contributed by atoms with E-state index in [4.69, 9.17) is 10.5 Å². The summed E-state index contributed by atoms with van der Waals surface area (Å²) in [5, 5.41) is 0. The monoisotopic (exact) mass is 202 g/mol. The van der Waals surface area contributed by atoms with E-state index in [9.17, 15) is 8.78 Å². The molecule has 0 aromatic carbocycles. The lowest BCUT2D eigenvalue weighted by molar-refractivity contribution is -0.0403. The number of halogens is 3. The predicted octanol–water partition coefficient (Wildman–Crippen LogP) is 1.16. The predicted molar refractivity (Wildman–Crippen MR) is 42.6 cm³/mol. The van der Waals surface area contributed by atoms with E-state index < -0.39 is 5.92 Å². The van der Waals surface area contributed by atoms with Crippen molar-refractivity contribution in [1.29, 1.82) is 0 Å². The summed E-state index contributed by atoms with van der Waals surface area (Å²) in [4.78, 5) is 0. The maximum absolute atomic E-state index is 12.4. The molecule has 1 fully saturated rings. The van der Waals surface area contributed by atoms with Gasteiger partial charge in [-0.1, -0.05) is 0 Å². The minimum absolute atomic E-state index is 0.0259. The number of hydrogen-bond donors (Lipinski definition) is 3. The number of alkyl halides is 2. The van der Waals surface area contributed by atoms with Crippen LogP contribution in [-0.2, 0) is 0 Å². The summed E-state index contributed by atoms with van der Waals surface area (Å²) in [6.07, 6.45) is 0.927. The minimum atomic E-state index is -2.44. The van der Waals surface area contributed by atoms with Crippen molar-refractivity contribution in [3.05, 3.63) is 0 Å². The third kappa shape index (κ3) is 4.15. The Labute approximate surface area is 75.0 Å². The molecule has 0 unspecified atom stereocenters. The molecule has 0 aromatic heterocycles. The van der Waals surface area contributed by atoms with Crippen molar-refractivity contribution in [1.82, 2.24) is 5.43 Å². The number of rotatable bonds is 1. The van der Waals surface area contributed by atoms with E-state index in [1.807, 2.05) is 0 Å². The first-order valence-corrected chi connectivity index (χ1v) is 3.99. The topological polar surface area (TPSA) is 58.3 Å². The Morgan fingerprint density at radius 3 is 2.08 bits per heavy atom. The molecule has 74 valence electrons. The number of hydrogen-bond acceptors (Lipinski definition) is 3. The van der Waals surface area contributed by atoms with Crippen LogP contribution in [0.5, 0.6) is 0 Å². The van der Waals surface area contributed by atoms with E-state index in [2.05, 4.69) is 17.3 Å². The highest BCUT2D eigenvalue weighted by Gasteiger charge is 2.34. The van der Waals surface area contributed by atoms with Gasteiger partial charge in [0.05, 0.1) is 11.9 Å². The van der Waals surface area contributed by atoms with Crippen LogP contribution >= 0.6 is 11.9 Å². The van der Waals surface area contributed by atoms with Gasteiger partial charge in [0.1, 0.15) is 0 Å². The largest absolute Gasteiger partial charge is 0.295 e. The van der Waals surface area contributed by atoms with Crippen molar-refractivity contribution >= 4 is 11.9 Å². The molecule has 4 N–H and O–H groups in total. The molecule has 0 aliphatic heterocycles. The molecule has 12 heavy (non-hydrogen) atoms. The lowest BCUT2D eigenvalue weighted by Gasteiger charge is -2.27. The fourth-order valence-corrected chi connectivity index (χ4v) is 1.21. The molecular formula is C6H13ClF2N2O. The Morgan fingerprint density at radius 1 is 1.33 bits per heavy atom. The molecule has 1 aliphatic rings. The summed E-state index contributed by atoms with van der Waals surface area (Å²) < 4.78 is 31.4. The molecule has 0 bridgehead atoms. The van der Waals surface area contributed by atoms with E-state index in [0.717, 1.165) is 0 Å². The fraction of sp³-hybridized carbons (Fsp3) is 1.00. The van der Waals surface area contributed by atoms with Gasteiger partial charge in [-0.05, 0) is 12.8 Å². The summed E-state index contributed by atoms with van der Waals surface area (Å²) >= 11 is 3.64. The number of nitrogens with two attached hydrogens (primary N) is 1. The van der Waals surface area contributed by atoms with Crippen LogP contribution in [-0.4, -0.2) is 16.6 Å². The van der Waals surface area contributed by atoms with Crippen molar-refractivity contribution in [3.8, 4) is 0 Å². The van der Waals surface area contributed by atoms with Crippen LogP contribution in [0.4, 0.5) is 8.78 Å².